The number of fused-ring (bicyclic) bond motifs is 2. The molecule has 3 heterocycles. The SMILES string of the molecule is CN1C=CC2=C(C1)SC1NC(c3cccc(O)c3)NC(=O)C21. The number of thioether (sulfide) groups is 1. The highest BCUT2D eigenvalue weighted by molar-refractivity contribution is 8.04. The van der Waals surface area contributed by atoms with Crippen LogP contribution in [-0.4, -0.2) is 34.9 Å². The number of nitrogens with one attached hydrogen (secondary N) is 2. The summed E-state index contributed by atoms with van der Waals surface area (Å²) in [6, 6.07) is 6.99. The summed E-state index contributed by atoms with van der Waals surface area (Å²) < 4.78 is 0. The minimum absolute atomic E-state index is 0.0437. The lowest BCUT2D eigenvalue weighted by molar-refractivity contribution is -0.126. The Hall–Kier alpha value is -1.92. The third kappa shape index (κ3) is 2.19. The molecule has 3 aliphatic rings. The smallest absolute Gasteiger partial charge is 0.231 e. The molecule has 0 spiro atoms. The van der Waals surface area contributed by atoms with Gasteiger partial charge in [0.15, 0.2) is 0 Å². The molecule has 1 amide bonds. The Morgan fingerprint density at radius 1 is 1.41 bits per heavy atom. The largest absolute Gasteiger partial charge is 0.508 e. The van der Waals surface area contributed by atoms with Crippen molar-refractivity contribution in [3.05, 3.63) is 52.6 Å². The van der Waals surface area contributed by atoms with Crippen molar-refractivity contribution >= 4 is 17.7 Å². The second-order valence-electron chi connectivity index (χ2n) is 5.83. The van der Waals surface area contributed by atoms with Gasteiger partial charge < -0.3 is 15.3 Å². The van der Waals surface area contributed by atoms with E-state index < -0.39 is 0 Å². The van der Waals surface area contributed by atoms with E-state index in [2.05, 4.69) is 15.5 Å². The zero-order valence-electron chi connectivity index (χ0n) is 12.1. The van der Waals surface area contributed by atoms with Crippen molar-refractivity contribution < 1.29 is 9.90 Å². The molecule has 1 fully saturated rings. The molecule has 6 heteroatoms. The first-order chi connectivity index (χ1) is 10.6. The van der Waals surface area contributed by atoms with Gasteiger partial charge in [-0.15, -0.1) is 11.8 Å². The highest BCUT2D eigenvalue weighted by Gasteiger charge is 2.45. The van der Waals surface area contributed by atoms with E-state index in [0.717, 1.165) is 17.7 Å². The Morgan fingerprint density at radius 2 is 2.27 bits per heavy atom. The maximum Gasteiger partial charge on any atom is 0.231 e. The van der Waals surface area contributed by atoms with Crippen molar-refractivity contribution in [2.24, 2.45) is 5.92 Å². The molecule has 114 valence electrons. The monoisotopic (exact) mass is 315 g/mol. The molecule has 5 nitrogen and oxygen atoms in total. The number of phenols is 1. The zero-order chi connectivity index (χ0) is 15.3. The van der Waals surface area contributed by atoms with Crippen LogP contribution in [0.25, 0.3) is 0 Å². The van der Waals surface area contributed by atoms with Gasteiger partial charge in [-0.1, -0.05) is 12.1 Å². The van der Waals surface area contributed by atoms with Gasteiger partial charge in [-0.3, -0.25) is 10.1 Å². The van der Waals surface area contributed by atoms with Crippen LogP contribution >= 0.6 is 11.8 Å². The summed E-state index contributed by atoms with van der Waals surface area (Å²) in [5.41, 5.74) is 2.00. The number of carbonyl (C=O) groups excluding carboxylic acids is 1. The predicted octanol–water partition coefficient (Wildman–Crippen LogP) is 1.51. The molecule has 3 unspecified atom stereocenters. The summed E-state index contributed by atoms with van der Waals surface area (Å²) in [7, 11) is 2.03. The predicted molar refractivity (Wildman–Crippen MR) is 85.8 cm³/mol. The molecule has 1 aromatic rings. The lowest BCUT2D eigenvalue weighted by atomic mass is 9.93. The summed E-state index contributed by atoms with van der Waals surface area (Å²) in [5, 5.41) is 16.2. The van der Waals surface area contributed by atoms with Gasteiger partial charge in [0.05, 0.1) is 11.3 Å². The first-order valence-electron chi connectivity index (χ1n) is 7.25. The van der Waals surface area contributed by atoms with E-state index in [-0.39, 0.29) is 29.1 Å². The average molecular weight is 315 g/mol. The van der Waals surface area contributed by atoms with Crippen LogP contribution in [0.15, 0.2) is 47.0 Å². The number of carbonyl (C=O) groups is 1. The summed E-state index contributed by atoms with van der Waals surface area (Å²) in [6.07, 6.45) is 3.81. The molecule has 22 heavy (non-hydrogen) atoms. The molecule has 0 aliphatic carbocycles. The first-order valence-corrected chi connectivity index (χ1v) is 8.13. The normalized spacial score (nSPS) is 30.1. The molecule has 1 saturated heterocycles. The van der Waals surface area contributed by atoms with Crippen molar-refractivity contribution in [1.82, 2.24) is 15.5 Å². The van der Waals surface area contributed by atoms with E-state index in [0.29, 0.717) is 0 Å². The molecular formula is C16H17N3O2S. The van der Waals surface area contributed by atoms with Crippen LogP contribution in [0.4, 0.5) is 0 Å². The van der Waals surface area contributed by atoms with Crippen LogP contribution in [0.2, 0.25) is 0 Å². The summed E-state index contributed by atoms with van der Waals surface area (Å²) in [6.45, 7) is 0.856. The molecule has 4 rings (SSSR count). The van der Waals surface area contributed by atoms with Gasteiger partial charge in [0, 0.05) is 18.5 Å². The lowest BCUT2D eigenvalue weighted by Gasteiger charge is -2.34. The van der Waals surface area contributed by atoms with Crippen LogP contribution in [0.3, 0.4) is 0 Å². The van der Waals surface area contributed by atoms with Crippen LogP contribution in [-0.2, 0) is 4.79 Å². The van der Waals surface area contributed by atoms with Gasteiger partial charge >= 0.3 is 0 Å². The van der Waals surface area contributed by atoms with Crippen LogP contribution < -0.4 is 10.6 Å². The number of rotatable bonds is 1. The minimum atomic E-state index is -0.267. The number of phenolic OH excluding ortho intramolecular Hbond substituents is 1. The molecule has 0 bridgehead atoms. The number of hydrogen-bond donors (Lipinski definition) is 3. The van der Waals surface area contributed by atoms with Crippen LogP contribution in [0.1, 0.15) is 11.7 Å². The quantitative estimate of drug-likeness (QED) is 0.733. The number of allylic oxidation sites excluding steroid dienone is 1. The van der Waals surface area contributed by atoms with Crippen molar-refractivity contribution in [2.75, 3.05) is 13.6 Å². The fourth-order valence-electron chi connectivity index (χ4n) is 3.17. The number of likely N-dealkylation sites (N-methyl/N-ethyl adjacent to an activating group) is 1. The molecule has 1 aromatic carbocycles. The molecule has 0 aromatic heterocycles. The second kappa shape index (κ2) is 5.07. The zero-order valence-corrected chi connectivity index (χ0v) is 12.9. The number of nitrogens with zero attached hydrogens (tertiary/aromatic N) is 1. The topological polar surface area (TPSA) is 64.6 Å². The third-order valence-electron chi connectivity index (χ3n) is 4.23. The van der Waals surface area contributed by atoms with E-state index in [1.807, 2.05) is 25.4 Å². The summed E-state index contributed by atoms with van der Waals surface area (Å²) >= 11 is 1.74. The second-order valence-corrected chi connectivity index (χ2v) is 7.07. The highest BCUT2D eigenvalue weighted by Crippen LogP contribution is 2.45. The third-order valence-corrected chi connectivity index (χ3v) is 5.55. The van der Waals surface area contributed by atoms with E-state index >= 15 is 0 Å². The fourth-order valence-corrected chi connectivity index (χ4v) is 4.69. The van der Waals surface area contributed by atoms with Gasteiger partial charge in [-0.25, -0.2) is 0 Å². The maximum absolute atomic E-state index is 12.6. The Balaban J connectivity index is 1.59. The summed E-state index contributed by atoms with van der Waals surface area (Å²) in [4.78, 5) is 16.0. The molecular weight excluding hydrogens is 298 g/mol. The summed E-state index contributed by atoms with van der Waals surface area (Å²) in [5.74, 6) is 0.110. The van der Waals surface area contributed by atoms with Crippen molar-refractivity contribution in [1.29, 1.82) is 0 Å². The van der Waals surface area contributed by atoms with Gasteiger partial charge in [0.1, 0.15) is 11.9 Å². The van der Waals surface area contributed by atoms with E-state index in [4.69, 9.17) is 0 Å². The molecule has 3 N–H and O–H groups in total. The Bertz CT molecular complexity index is 700. The molecule has 0 radical (unpaired) electrons. The molecule has 3 aliphatic heterocycles. The van der Waals surface area contributed by atoms with Crippen molar-refractivity contribution in [2.45, 2.75) is 11.5 Å². The minimum Gasteiger partial charge on any atom is -0.508 e. The van der Waals surface area contributed by atoms with Crippen LogP contribution in [0.5, 0.6) is 5.75 Å². The number of hydrogen-bond acceptors (Lipinski definition) is 5. The Morgan fingerprint density at radius 3 is 3.09 bits per heavy atom. The van der Waals surface area contributed by atoms with E-state index in [9.17, 15) is 9.90 Å². The van der Waals surface area contributed by atoms with Crippen molar-refractivity contribution in [3.8, 4) is 5.75 Å². The molecule has 0 saturated carbocycles. The van der Waals surface area contributed by atoms with E-state index in [1.165, 1.54) is 4.91 Å². The standard InChI is InChI=1S/C16H17N3O2S/c1-19-6-5-11-12(8-19)22-16-13(11)15(21)17-14(18-16)9-3-2-4-10(20)7-9/h2-7,13-14,16,18,20H,8H2,1H3,(H,17,21). The number of benzene rings is 1. The number of amides is 1. The van der Waals surface area contributed by atoms with Gasteiger partial charge in [0.25, 0.3) is 0 Å². The van der Waals surface area contributed by atoms with Gasteiger partial charge in [0.2, 0.25) is 5.91 Å². The highest BCUT2D eigenvalue weighted by atomic mass is 32.2. The van der Waals surface area contributed by atoms with Crippen LogP contribution in [0, 0.1) is 5.92 Å². The lowest BCUT2D eigenvalue weighted by Crippen LogP contribution is -2.54. The van der Waals surface area contributed by atoms with Gasteiger partial charge in [-0.2, -0.15) is 0 Å². The Labute approximate surface area is 133 Å². The Kier molecular flexibility index (Phi) is 3.16. The molecule has 3 atom stereocenters. The first kappa shape index (κ1) is 13.7. The fraction of sp³-hybridized carbons (Fsp3) is 0.312. The maximum atomic E-state index is 12.6. The van der Waals surface area contributed by atoms with Gasteiger partial charge in [-0.05, 0) is 35.5 Å². The van der Waals surface area contributed by atoms with E-state index in [1.54, 1.807) is 30.0 Å². The number of aromatic hydroxyl groups is 1. The average Bonchev–Trinajstić information content (AvgIpc) is 2.84. The van der Waals surface area contributed by atoms with Crippen molar-refractivity contribution in [3.63, 3.8) is 0 Å².